The van der Waals surface area contributed by atoms with Gasteiger partial charge in [0.1, 0.15) is 11.3 Å². The van der Waals surface area contributed by atoms with Gasteiger partial charge in [-0.3, -0.25) is 0 Å². The first-order valence-electron chi connectivity index (χ1n) is 6.24. The molecule has 1 fully saturated rings. The number of hydrogen-bond donors (Lipinski definition) is 1. The van der Waals surface area contributed by atoms with Crippen LogP contribution in [0.15, 0.2) is 12.1 Å². The molecule has 0 saturated carbocycles. The van der Waals surface area contributed by atoms with Gasteiger partial charge in [0.15, 0.2) is 5.13 Å². The molecule has 0 unspecified atom stereocenters. The number of morpholine rings is 1. The lowest BCUT2D eigenvalue weighted by atomic mass is 10.2. The summed E-state index contributed by atoms with van der Waals surface area (Å²) < 4.78 is 11.2. The normalized spacial score (nSPS) is 15.6. The Morgan fingerprint density at radius 2 is 2.20 bits per heavy atom. The number of aromatic carboxylic acids is 1. The molecular formula is C13H14N2O4S. The fraction of sp³-hybridized carbons (Fsp3) is 0.385. The predicted octanol–water partition coefficient (Wildman–Crippen LogP) is 1.84. The van der Waals surface area contributed by atoms with E-state index < -0.39 is 5.97 Å². The van der Waals surface area contributed by atoms with Crippen molar-refractivity contribution in [2.45, 2.75) is 0 Å². The van der Waals surface area contributed by atoms with E-state index in [4.69, 9.17) is 9.47 Å². The summed E-state index contributed by atoms with van der Waals surface area (Å²) in [6, 6.07) is 3.21. The van der Waals surface area contributed by atoms with Gasteiger partial charge in [-0.05, 0) is 12.1 Å². The van der Waals surface area contributed by atoms with Crippen LogP contribution in [-0.2, 0) is 4.74 Å². The second-order valence-corrected chi connectivity index (χ2v) is 5.37. The van der Waals surface area contributed by atoms with E-state index in [-0.39, 0.29) is 5.56 Å². The van der Waals surface area contributed by atoms with Gasteiger partial charge in [-0.15, -0.1) is 0 Å². The number of hydrogen-bond acceptors (Lipinski definition) is 6. The molecule has 1 aliphatic heterocycles. The third-order valence-electron chi connectivity index (χ3n) is 3.23. The topological polar surface area (TPSA) is 71.9 Å². The van der Waals surface area contributed by atoms with Crippen LogP contribution >= 0.6 is 11.3 Å². The molecular weight excluding hydrogens is 280 g/mol. The van der Waals surface area contributed by atoms with Gasteiger partial charge in [0.25, 0.3) is 0 Å². The largest absolute Gasteiger partial charge is 0.494 e. The Bertz CT molecular complexity index is 649. The minimum Gasteiger partial charge on any atom is -0.494 e. The number of thiazole rings is 1. The van der Waals surface area contributed by atoms with Crippen molar-refractivity contribution in [3.63, 3.8) is 0 Å². The monoisotopic (exact) mass is 294 g/mol. The Morgan fingerprint density at radius 1 is 1.45 bits per heavy atom. The summed E-state index contributed by atoms with van der Waals surface area (Å²) in [6.45, 7) is 2.87. The third kappa shape index (κ3) is 2.19. The van der Waals surface area contributed by atoms with Crippen molar-refractivity contribution in [3.05, 3.63) is 17.7 Å². The van der Waals surface area contributed by atoms with Crippen molar-refractivity contribution in [3.8, 4) is 5.75 Å². The summed E-state index contributed by atoms with van der Waals surface area (Å²) >= 11 is 1.39. The lowest BCUT2D eigenvalue weighted by Crippen LogP contribution is -2.36. The van der Waals surface area contributed by atoms with Crippen molar-refractivity contribution >= 4 is 32.7 Å². The van der Waals surface area contributed by atoms with Crippen LogP contribution in [-0.4, -0.2) is 49.5 Å². The average molecular weight is 294 g/mol. The molecule has 0 amide bonds. The van der Waals surface area contributed by atoms with Crippen LogP contribution in [0.4, 0.5) is 5.13 Å². The number of rotatable bonds is 3. The standard InChI is InChI=1S/C13H14N2O4S/c1-18-9-3-2-8(12(16)17)11-10(9)14-13(20-11)15-4-6-19-7-5-15/h2-3H,4-7H2,1H3,(H,16,17). The molecule has 1 saturated heterocycles. The van der Waals surface area contributed by atoms with Crippen LogP contribution in [0.2, 0.25) is 0 Å². The number of benzene rings is 1. The predicted molar refractivity (Wildman–Crippen MR) is 76.2 cm³/mol. The molecule has 1 N–H and O–H groups in total. The molecule has 2 heterocycles. The Labute approximate surface area is 119 Å². The quantitative estimate of drug-likeness (QED) is 0.931. The van der Waals surface area contributed by atoms with E-state index in [0.29, 0.717) is 29.2 Å². The first-order chi connectivity index (χ1) is 9.70. The van der Waals surface area contributed by atoms with Gasteiger partial charge >= 0.3 is 5.97 Å². The SMILES string of the molecule is COc1ccc(C(=O)O)c2sc(N3CCOCC3)nc12. The summed E-state index contributed by atoms with van der Waals surface area (Å²) in [5.74, 6) is -0.351. The lowest BCUT2D eigenvalue weighted by Gasteiger charge is -2.25. The zero-order chi connectivity index (χ0) is 14.1. The number of nitrogens with zero attached hydrogens (tertiary/aromatic N) is 2. The number of methoxy groups -OCH3 is 1. The molecule has 0 spiro atoms. The number of fused-ring (bicyclic) bond motifs is 1. The van der Waals surface area contributed by atoms with Gasteiger partial charge in [0.05, 0.1) is 30.6 Å². The Hall–Kier alpha value is -1.86. The van der Waals surface area contributed by atoms with Crippen LogP contribution in [0.25, 0.3) is 10.2 Å². The van der Waals surface area contributed by atoms with Crippen molar-refractivity contribution < 1.29 is 19.4 Å². The maximum atomic E-state index is 11.3. The van der Waals surface area contributed by atoms with Crippen molar-refractivity contribution in [2.24, 2.45) is 0 Å². The molecule has 0 bridgehead atoms. The molecule has 0 radical (unpaired) electrons. The van der Waals surface area contributed by atoms with E-state index in [1.165, 1.54) is 11.3 Å². The van der Waals surface area contributed by atoms with Crippen molar-refractivity contribution in [2.75, 3.05) is 38.3 Å². The Morgan fingerprint density at radius 3 is 2.85 bits per heavy atom. The molecule has 6 nitrogen and oxygen atoms in total. The zero-order valence-electron chi connectivity index (χ0n) is 11.0. The molecule has 3 rings (SSSR count). The van der Waals surface area contributed by atoms with E-state index in [2.05, 4.69) is 9.88 Å². The summed E-state index contributed by atoms with van der Waals surface area (Å²) in [4.78, 5) is 18.0. The molecule has 1 aromatic carbocycles. The van der Waals surface area contributed by atoms with Crippen LogP contribution < -0.4 is 9.64 Å². The van der Waals surface area contributed by atoms with Gasteiger partial charge in [-0.2, -0.15) is 0 Å². The second kappa shape index (κ2) is 5.26. The molecule has 0 aliphatic carbocycles. The van der Waals surface area contributed by atoms with E-state index in [9.17, 15) is 9.90 Å². The Kier molecular flexibility index (Phi) is 3.45. The highest BCUT2D eigenvalue weighted by atomic mass is 32.1. The van der Waals surface area contributed by atoms with Crippen molar-refractivity contribution in [1.82, 2.24) is 4.98 Å². The van der Waals surface area contributed by atoms with Crippen LogP contribution in [0.3, 0.4) is 0 Å². The molecule has 0 atom stereocenters. The van der Waals surface area contributed by atoms with E-state index in [1.54, 1.807) is 19.2 Å². The highest BCUT2D eigenvalue weighted by Crippen LogP contribution is 2.36. The second-order valence-electron chi connectivity index (χ2n) is 4.39. The fourth-order valence-corrected chi connectivity index (χ4v) is 3.33. The highest BCUT2D eigenvalue weighted by Gasteiger charge is 2.20. The lowest BCUT2D eigenvalue weighted by molar-refractivity contribution is 0.0699. The molecule has 106 valence electrons. The Balaban J connectivity index is 2.12. The fourth-order valence-electron chi connectivity index (χ4n) is 2.20. The number of aromatic nitrogens is 1. The van der Waals surface area contributed by atoms with E-state index >= 15 is 0 Å². The molecule has 2 aromatic rings. The van der Waals surface area contributed by atoms with E-state index in [1.807, 2.05) is 0 Å². The number of carbonyl (C=O) groups is 1. The van der Waals surface area contributed by atoms with Gasteiger partial charge in [-0.25, -0.2) is 9.78 Å². The smallest absolute Gasteiger partial charge is 0.337 e. The zero-order valence-corrected chi connectivity index (χ0v) is 11.8. The average Bonchev–Trinajstić information content (AvgIpc) is 2.91. The third-order valence-corrected chi connectivity index (χ3v) is 4.38. The maximum absolute atomic E-state index is 11.3. The summed E-state index contributed by atoms with van der Waals surface area (Å²) in [5.41, 5.74) is 0.872. The summed E-state index contributed by atoms with van der Waals surface area (Å²) in [6.07, 6.45) is 0. The van der Waals surface area contributed by atoms with E-state index in [0.717, 1.165) is 18.2 Å². The number of ether oxygens (including phenoxy) is 2. The van der Waals surface area contributed by atoms with Crippen LogP contribution in [0.1, 0.15) is 10.4 Å². The van der Waals surface area contributed by atoms with Gasteiger partial charge in [0, 0.05) is 13.1 Å². The maximum Gasteiger partial charge on any atom is 0.337 e. The molecule has 1 aliphatic rings. The summed E-state index contributed by atoms with van der Waals surface area (Å²) in [5, 5.41) is 10.1. The van der Waals surface area contributed by atoms with Gasteiger partial charge < -0.3 is 19.5 Å². The highest BCUT2D eigenvalue weighted by molar-refractivity contribution is 7.22. The van der Waals surface area contributed by atoms with Crippen molar-refractivity contribution in [1.29, 1.82) is 0 Å². The van der Waals surface area contributed by atoms with Gasteiger partial charge in [0.2, 0.25) is 0 Å². The minimum atomic E-state index is -0.949. The minimum absolute atomic E-state index is 0.262. The first-order valence-corrected chi connectivity index (χ1v) is 7.06. The number of carboxylic acid groups (broad SMARTS) is 1. The first kappa shape index (κ1) is 13.1. The van der Waals surface area contributed by atoms with Crippen LogP contribution in [0.5, 0.6) is 5.75 Å². The summed E-state index contributed by atoms with van der Waals surface area (Å²) in [7, 11) is 1.56. The molecule has 7 heteroatoms. The number of anilines is 1. The number of carboxylic acids is 1. The molecule has 20 heavy (non-hydrogen) atoms. The van der Waals surface area contributed by atoms with Gasteiger partial charge in [-0.1, -0.05) is 11.3 Å². The molecule has 1 aromatic heterocycles. The van der Waals surface area contributed by atoms with Crippen LogP contribution in [0, 0.1) is 0 Å².